The number of amides is 1. The fourth-order valence-electron chi connectivity index (χ4n) is 2.67. The molecule has 0 radical (unpaired) electrons. The Morgan fingerprint density at radius 3 is 2.68 bits per heavy atom. The van der Waals surface area contributed by atoms with Crippen molar-refractivity contribution in [3.63, 3.8) is 0 Å². The predicted molar refractivity (Wildman–Crippen MR) is 98.4 cm³/mol. The second kappa shape index (κ2) is 6.10. The summed E-state index contributed by atoms with van der Waals surface area (Å²) in [6.07, 6.45) is 3.39. The van der Waals surface area contributed by atoms with E-state index in [-0.39, 0.29) is 5.91 Å². The molecule has 0 fully saturated rings. The summed E-state index contributed by atoms with van der Waals surface area (Å²) in [4.78, 5) is 26.1. The van der Waals surface area contributed by atoms with Crippen LogP contribution in [-0.2, 0) is 0 Å². The lowest BCUT2D eigenvalue weighted by atomic mass is 10.3. The summed E-state index contributed by atoms with van der Waals surface area (Å²) in [5, 5.41) is 3.74. The van der Waals surface area contributed by atoms with Gasteiger partial charge in [0.25, 0.3) is 5.91 Å². The molecule has 0 saturated carbocycles. The first-order valence-corrected chi connectivity index (χ1v) is 8.57. The van der Waals surface area contributed by atoms with Crippen LogP contribution in [0.2, 0.25) is 0 Å². The third kappa shape index (κ3) is 2.89. The molecule has 4 rings (SSSR count). The van der Waals surface area contributed by atoms with Crippen LogP contribution >= 0.6 is 11.3 Å². The lowest BCUT2D eigenvalue weighted by Gasteiger charge is -2.06. The van der Waals surface area contributed by atoms with E-state index in [9.17, 15) is 4.79 Å². The van der Waals surface area contributed by atoms with E-state index in [1.165, 1.54) is 11.3 Å². The molecule has 3 heterocycles. The van der Waals surface area contributed by atoms with Gasteiger partial charge in [-0.15, -0.1) is 11.3 Å². The van der Waals surface area contributed by atoms with Crippen LogP contribution in [0, 0.1) is 13.8 Å². The van der Waals surface area contributed by atoms with E-state index in [0.717, 1.165) is 27.6 Å². The maximum absolute atomic E-state index is 12.4. The Labute approximate surface area is 148 Å². The Morgan fingerprint density at radius 2 is 1.96 bits per heavy atom. The number of imidazole rings is 1. The molecule has 0 aliphatic rings. The van der Waals surface area contributed by atoms with E-state index < -0.39 is 0 Å². The normalized spacial score (nSPS) is 11.0. The fourth-order valence-corrected chi connectivity index (χ4v) is 3.49. The van der Waals surface area contributed by atoms with Gasteiger partial charge in [-0.25, -0.2) is 15.0 Å². The standard InChI is InChI=1S/C18H15N5OS/c1-11-17(25-12(2)21-11)18(24)22-13-7-8-16(19-9-13)23-10-20-14-5-3-4-6-15(14)23/h3-10H,1-2H3,(H,22,24). The topological polar surface area (TPSA) is 72.7 Å². The van der Waals surface area contributed by atoms with E-state index >= 15 is 0 Å². The molecule has 0 saturated heterocycles. The van der Waals surface area contributed by atoms with Crippen molar-refractivity contribution < 1.29 is 4.79 Å². The van der Waals surface area contributed by atoms with Crippen LogP contribution in [0.1, 0.15) is 20.4 Å². The molecule has 0 aliphatic carbocycles. The smallest absolute Gasteiger partial charge is 0.267 e. The second-order valence-corrected chi connectivity index (χ2v) is 6.81. The molecule has 7 heteroatoms. The number of carbonyl (C=O) groups is 1. The van der Waals surface area contributed by atoms with E-state index in [2.05, 4.69) is 20.3 Å². The highest BCUT2D eigenvalue weighted by Gasteiger charge is 2.14. The van der Waals surface area contributed by atoms with Crippen molar-refractivity contribution in [2.24, 2.45) is 0 Å². The molecular weight excluding hydrogens is 334 g/mol. The number of nitrogens with one attached hydrogen (secondary N) is 1. The summed E-state index contributed by atoms with van der Waals surface area (Å²) in [6.45, 7) is 3.73. The first-order chi connectivity index (χ1) is 12.1. The van der Waals surface area contributed by atoms with Crippen LogP contribution in [0.25, 0.3) is 16.9 Å². The minimum atomic E-state index is -0.161. The van der Waals surface area contributed by atoms with Gasteiger partial charge in [0.05, 0.1) is 33.6 Å². The molecule has 3 aromatic heterocycles. The van der Waals surface area contributed by atoms with Gasteiger partial charge in [-0.3, -0.25) is 9.36 Å². The summed E-state index contributed by atoms with van der Waals surface area (Å²) in [5.74, 6) is 0.585. The van der Waals surface area contributed by atoms with Crippen molar-refractivity contribution in [3.05, 3.63) is 64.5 Å². The molecule has 0 bridgehead atoms. The SMILES string of the molecule is Cc1nc(C)c(C(=O)Nc2ccc(-n3cnc4ccccc43)nc2)s1. The number of hydrogen-bond donors (Lipinski definition) is 1. The van der Waals surface area contributed by atoms with Gasteiger partial charge in [-0.05, 0) is 38.1 Å². The summed E-state index contributed by atoms with van der Waals surface area (Å²) in [6, 6.07) is 11.6. The lowest BCUT2D eigenvalue weighted by Crippen LogP contribution is -2.12. The average molecular weight is 349 g/mol. The van der Waals surface area contributed by atoms with Crippen molar-refractivity contribution in [1.82, 2.24) is 19.5 Å². The molecule has 25 heavy (non-hydrogen) atoms. The third-order valence-corrected chi connectivity index (χ3v) is 4.89. The van der Waals surface area contributed by atoms with E-state index in [0.29, 0.717) is 10.6 Å². The lowest BCUT2D eigenvalue weighted by molar-refractivity contribution is 0.103. The molecule has 0 aliphatic heterocycles. The third-order valence-electron chi connectivity index (χ3n) is 3.82. The van der Waals surface area contributed by atoms with Gasteiger partial charge in [0.1, 0.15) is 17.0 Å². The molecule has 1 amide bonds. The van der Waals surface area contributed by atoms with Crippen LogP contribution in [0.3, 0.4) is 0 Å². The van der Waals surface area contributed by atoms with E-state index in [4.69, 9.17) is 0 Å². The van der Waals surface area contributed by atoms with Crippen molar-refractivity contribution in [1.29, 1.82) is 0 Å². The van der Waals surface area contributed by atoms with Gasteiger partial charge in [0.15, 0.2) is 0 Å². The summed E-state index contributed by atoms with van der Waals surface area (Å²) < 4.78 is 1.91. The highest BCUT2D eigenvalue weighted by molar-refractivity contribution is 7.13. The summed E-state index contributed by atoms with van der Waals surface area (Å²) in [5.41, 5.74) is 3.29. The van der Waals surface area contributed by atoms with Crippen LogP contribution in [0.15, 0.2) is 48.9 Å². The zero-order valence-corrected chi connectivity index (χ0v) is 14.5. The maximum Gasteiger partial charge on any atom is 0.267 e. The van der Waals surface area contributed by atoms with Crippen molar-refractivity contribution in [2.75, 3.05) is 5.32 Å². The van der Waals surface area contributed by atoms with Crippen LogP contribution in [-0.4, -0.2) is 25.4 Å². The molecule has 0 unspecified atom stereocenters. The number of thiazole rings is 1. The number of aromatic nitrogens is 4. The number of benzene rings is 1. The minimum absolute atomic E-state index is 0.161. The Kier molecular flexibility index (Phi) is 3.77. The van der Waals surface area contributed by atoms with Crippen LogP contribution in [0.5, 0.6) is 0 Å². The Morgan fingerprint density at radius 1 is 1.12 bits per heavy atom. The van der Waals surface area contributed by atoms with Crippen LogP contribution in [0.4, 0.5) is 5.69 Å². The van der Waals surface area contributed by atoms with Crippen molar-refractivity contribution >= 4 is 34.0 Å². The number of fused-ring (bicyclic) bond motifs is 1. The number of hydrogen-bond acceptors (Lipinski definition) is 5. The van der Waals surface area contributed by atoms with Crippen LogP contribution < -0.4 is 5.32 Å². The fraction of sp³-hybridized carbons (Fsp3) is 0.111. The maximum atomic E-state index is 12.4. The molecule has 6 nitrogen and oxygen atoms in total. The Balaban J connectivity index is 1.58. The number of pyridine rings is 1. The number of rotatable bonds is 3. The first-order valence-electron chi connectivity index (χ1n) is 7.76. The summed E-state index contributed by atoms with van der Waals surface area (Å²) >= 11 is 1.39. The number of anilines is 1. The largest absolute Gasteiger partial charge is 0.320 e. The number of aryl methyl sites for hydroxylation is 2. The monoisotopic (exact) mass is 349 g/mol. The van der Waals surface area contributed by atoms with Gasteiger partial charge >= 0.3 is 0 Å². The zero-order chi connectivity index (χ0) is 17.4. The number of para-hydroxylation sites is 2. The highest BCUT2D eigenvalue weighted by atomic mass is 32.1. The Hall–Kier alpha value is -3.06. The first kappa shape index (κ1) is 15.5. The second-order valence-electron chi connectivity index (χ2n) is 5.61. The van der Waals surface area contributed by atoms with E-state index in [1.54, 1.807) is 12.5 Å². The van der Waals surface area contributed by atoms with Gasteiger partial charge in [-0.1, -0.05) is 12.1 Å². The zero-order valence-electron chi connectivity index (χ0n) is 13.7. The molecule has 0 spiro atoms. The highest BCUT2D eigenvalue weighted by Crippen LogP contribution is 2.20. The van der Waals surface area contributed by atoms with Crippen molar-refractivity contribution in [3.8, 4) is 5.82 Å². The van der Waals surface area contributed by atoms with Gasteiger partial charge < -0.3 is 5.32 Å². The van der Waals surface area contributed by atoms with Crippen molar-refractivity contribution in [2.45, 2.75) is 13.8 Å². The molecule has 0 atom stereocenters. The molecular formula is C18H15N5OS. The predicted octanol–water partition coefficient (Wildman–Crippen LogP) is 3.75. The number of carbonyl (C=O) groups excluding carboxylic acids is 1. The quantitative estimate of drug-likeness (QED) is 0.611. The average Bonchev–Trinajstić information content (AvgIpc) is 3.18. The molecule has 4 aromatic rings. The van der Waals surface area contributed by atoms with E-state index in [1.807, 2.05) is 54.8 Å². The molecule has 1 aromatic carbocycles. The van der Waals surface area contributed by atoms with Gasteiger partial charge in [0, 0.05) is 0 Å². The molecule has 1 N–H and O–H groups in total. The number of nitrogens with zero attached hydrogens (tertiary/aromatic N) is 4. The summed E-state index contributed by atoms with van der Waals surface area (Å²) in [7, 11) is 0. The molecule has 124 valence electrons. The minimum Gasteiger partial charge on any atom is -0.320 e. The van der Waals surface area contributed by atoms with Gasteiger partial charge in [0.2, 0.25) is 0 Å². The Bertz CT molecular complexity index is 1060. The van der Waals surface area contributed by atoms with Gasteiger partial charge in [-0.2, -0.15) is 0 Å².